The van der Waals surface area contributed by atoms with Gasteiger partial charge in [-0.25, -0.2) is 17.5 Å². The van der Waals surface area contributed by atoms with Crippen LogP contribution in [-0.2, 0) is 10.0 Å². The molecule has 0 saturated heterocycles. The lowest BCUT2D eigenvalue weighted by Gasteiger charge is -2.15. The summed E-state index contributed by atoms with van der Waals surface area (Å²) in [5.74, 6) is -0.755. The molecule has 1 unspecified atom stereocenters. The minimum atomic E-state index is -3.91. The molecule has 21 heavy (non-hydrogen) atoms. The summed E-state index contributed by atoms with van der Waals surface area (Å²) in [6, 6.07) is 10.5. The standard InChI is InChI=1S/C14H14ClFN2O2S/c1-9(10-5-3-2-4-6-10)18-21(19,20)14-8-13(17)12(16)7-11(14)15/h2-9,18H,17H2,1H3. The summed E-state index contributed by atoms with van der Waals surface area (Å²) < 4.78 is 40.4. The number of hydrogen-bond acceptors (Lipinski definition) is 3. The molecule has 0 spiro atoms. The third-order valence-corrected chi connectivity index (χ3v) is 4.98. The van der Waals surface area contributed by atoms with Crippen LogP contribution >= 0.6 is 11.6 Å². The van der Waals surface area contributed by atoms with Gasteiger partial charge in [-0.2, -0.15) is 0 Å². The maximum atomic E-state index is 13.3. The lowest BCUT2D eigenvalue weighted by atomic mass is 10.1. The molecule has 0 amide bonds. The SMILES string of the molecule is CC(NS(=O)(=O)c1cc(N)c(F)cc1Cl)c1ccccc1. The van der Waals surface area contributed by atoms with E-state index < -0.39 is 21.9 Å². The van der Waals surface area contributed by atoms with Gasteiger partial charge in [0, 0.05) is 6.04 Å². The van der Waals surface area contributed by atoms with Crippen molar-refractivity contribution < 1.29 is 12.8 Å². The molecule has 2 aromatic carbocycles. The fourth-order valence-corrected chi connectivity index (χ4v) is 3.64. The van der Waals surface area contributed by atoms with Gasteiger partial charge in [0.05, 0.1) is 10.7 Å². The Kier molecular flexibility index (Phi) is 4.51. The fourth-order valence-electron chi connectivity index (χ4n) is 1.86. The van der Waals surface area contributed by atoms with Crippen molar-refractivity contribution in [1.29, 1.82) is 0 Å². The van der Waals surface area contributed by atoms with E-state index in [9.17, 15) is 12.8 Å². The summed E-state index contributed by atoms with van der Waals surface area (Å²) in [5, 5.41) is -0.213. The molecular weight excluding hydrogens is 315 g/mol. The Bertz CT molecular complexity index is 751. The van der Waals surface area contributed by atoms with Gasteiger partial charge in [0.2, 0.25) is 10.0 Å². The molecule has 3 N–H and O–H groups in total. The molecule has 0 fully saturated rings. The number of halogens is 2. The fraction of sp³-hybridized carbons (Fsp3) is 0.143. The zero-order chi connectivity index (χ0) is 15.6. The Labute approximate surface area is 127 Å². The number of nitrogens with one attached hydrogen (secondary N) is 1. The summed E-state index contributed by atoms with van der Waals surface area (Å²) in [4.78, 5) is -0.245. The summed E-state index contributed by atoms with van der Waals surface area (Å²) >= 11 is 5.80. The van der Waals surface area contributed by atoms with E-state index in [0.29, 0.717) is 0 Å². The second kappa shape index (κ2) is 6.01. The van der Waals surface area contributed by atoms with E-state index in [1.54, 1.807) is 19.1 Å². The lowest BCUT2D eigenvalue weighted by molar-refractivity contribution is 0.566. The van der Waals surface area contributed by atoms with Crippen LogP contribution in [0, 0.1) is 5.82 Å². The monoisotopic (exact) mass is 328 g/mol. The Balaban J connectivity index is 2.33. The van der Waals surface area contributed by atoms with Crippen molar-refractivity contribution in [2.75, 3.05) is 5.73 Å². The van der Waals surface area contributed by atoms with Gasteiger partial charge in [-0.15, -0.1) is 0 Å². The van der Waals surface area contributed by atoms with Crippen molar-refractivity contribution in [1.82, 2.24) is 4.72 Å². The Morgan fingerprint density at radius 2 is 1.86 bits per heavy atom. The van der Waals surface area contributed by atoms with Crippen molar-refractivity contribution in [2.24, 2.45) is 0 Å². The number of sulfonamides is 1. The highest BCUT2D eigenvalue weighted by molar-refractivity contribution is 7.89. The summed E-state index contributed by atoms with van der Waals surface area (Å²) in [7, 11) is -3.91. The molecule has 0 saturated carbocycles. The van der Waals surface area contributed by atoms with Crippen LogP contribution in [0.3, 0.4) is 0 Å². The molecule has 112 valence electrons. The molecule has 0 bridgehead atoms. The van der Waals surface area contributed by atoms with Gasteiger partial charge in [0.15, 0.2) is 0 Å². The smallest absolute Gasteiger partial charge is 0.242 e. The van der Waals surface area contributed by atoms with E-state index in [-0.39, 0.29) is 15.6 Å². The molecule has 0 aliphatic rings. The Hall–Kier alpha value is -1.63. The van der Waals surface area contributed by atoms with Crippen LogP contribution in [0.4, 0.5) is 10.1 Å². The van der Waals surface area contributed by atoms with E-state index in [4.69, 9.17) is 17.3 Å². The molecule has 0 aromatic heterocycles. The quantitative estimate of drug-likeness (QED) is 0.847. The highest BCUT2D eigenvalue weighted by atomic mass is 35.5. The van der Waals surface area contributed by atoms with Gasteiger partial charge in [-0.3, -0.25) is 0 Å². The zero-order valence-electron chi connectivity index (χ0n) is 11.2. The second-order valence-electron chi connectivity index (χ2n) is 4.56. The van der Waals surface area contributed by atoms with Crippen molar-refractivity contribution >= 4 is 27.3 Å². The van der Waals surface area contributed by atoms with Gasteiger partial charge >= 0.3 is 0 Å². The molecule has 1 atom stereocenters. The van der Waals surface area contributed by atoms with Crippen LogP contribution in [0.2, 0.25) is 5.02 Å². The Morgan fingerprint density at radius 3 is 2.48 bits per heavy atom. The van der Waals surface area contributed by atoms with Crippen molar-refractivity contribution in [2.45, 2.75) is 17.9 Å². The number of benzene rings is 2. The van der Waals surface area contributed by atoms with Crippen LogP contribution in [0.25, 0.3) is 0 Å². The van der Waals surface area contributed by atoms with Gasteiger partial charge < -0.3 is 5.73 Å². The van der Waals surface area contributed by atoms with Crippen molar-refractivity contribution in [3.63, 3.8) is 0 Å². The summed E-state index contributed by atoms with van der Waals surface area (Å²) in [6.45, 7) is 1.70. The molecule has 0 aliphatic carbocycles. The van der Waals surface area contributed by atoms with Crippen molar-refractivity contribution in [3.05, 3.63) is 58.9 Å². The maximum absolute atomic E-state index is 13.3. The molecule has 0 heterocycles. The van der Waals surface area contributed by atoms with Crippen LogP contribution < -0.4 is 10.5 Å². The van der Waals surface area contributed by atoms with Gasteiger partial charge in [-0.1, -0.05) is 41.9 Å². The van der Waals surface area contributed by atoms with E-state index in [1.807, 2.05) is 18.2 Å². The molecule has 7 heteroatoms. The first-order valence-electron chi connectivity index (χ1n) is 6.13. The zero-order valence-corrected chi connectivity index (χ0v) is 12.7. The first-order valence-corrected chi connectivity index (χ1v) is 7.99. The summed E-state index contributed by atoms with van der Waals surface area (Å²) in [5.41, 5.74) is 5.93. The number of rotatable bonds is 4. The lowest BCUT2D eigenvalue weighted by Crippen LogP contribution is -2.27. The maximum Gasteiger partial charge on any atom is 0.242 e. The minimum absolute atomic E-state index is 0.213. The molecule has 4 nitrogen and oxygen atoms in total. The predicted molar refractivity (Wildman–Crippen MR) is 81.0 cm³/mol. The van der Waals surface area contributed by atoms with Gasteiger partial charge in [-0.05, 0) is 24.6 Å². The predicted octanol–water partition coefficient (Wildman–Crippen LogP) is 3.10. The highest BCUT2D eigenvalue weighted by Crippen LogP contribution is 2.27. The third-order valence-electron chi connectivity index (χ3n) is 2.97. The van der Waals surface area contributed by atoms with E-state index in [1.165, 1.54) is 0 Å². The van der Waals surface area contributed by atoms with Crippen LogP contribution in [-0.4, -0.2) is 8.42 Å². The van der Waals surface area contributed by atoms with Crippen molar-refractivity contribution in [3.8, 4) is 0 Å². The number of anilines is 1. The molecule has 0 radical (unpaired) electrons. The molecule has 2 rings (SSSR count). The normalized spacial score (nSPS) is 13.1. The largest absolute Gasteiger partial charge is 0.396 e. The molecular formula is C14H14ClFN2O2S. The van der Waals surface area contributed by atoms with E-state index in [2.05, 4.69) is 4.72 Å². The van der Waals surface area contributed by atoms with E-state index in [0.717, 1.165) is 17.7 Å². The average molecular weight is 329 g/mol. The second-order valence-corrected chi connectivity index (χ2v) is 6.65. The molecule has 2 aromatic rings. The third kappa shape index (κ3) is 3.53. The summed E-state index contributed by atoms with van der Waals surface area (Å²) in [6.07, 6.45) is 0. The number of hydrogen-bond donors (Lipinski definition) is 2. The van der Waals surface area contributed by atoms with Crippen LogP contribution in [0.5, 0.6) is 0 Å². The van der Waals surface area contributed by atoms with E-state index >= 15 is 0 Å². The average Bonchev–Trinajstić information content (AvgIpc) is 2.43. The highest BCUT2D eigenvalue weighted by Gasteiger charge is 2.22. The Morgan fingerprint density at radius 1 is 1.24 bits per heavy atom. The first-order chi connectivity index (χ1) is 9.81. The first kappa shape index (κ1) is 15.8. The van der Waals surface area contributed by atoms with Gasteiger partial charge in [0.1, 0.15) is 10.7 Å². The molecule has 0 aliphatic heterocycles. The number of nitrogen functional groups attached to an aromatic ring is 1. The topological polar surface area (TPSA) is 72.2 Å². The van der Waals surface area contributed by atoms with Gasteiger partial charge in [0.25, 0.3) is 0 Å². The number of nitrogens with two attached hydrogens (primary N) is 1. The van der Waals surface area contributed by atoms with Crippen LogP contribution in [0.1, 0.15) is 18.5 Å². The minimum Gasteiger partial charge on any atom is -0.396 e. The van der Waals surface area contributed by atoms with Crippen LogP contribution in [0.15, 0.2) is 47.4 Å².